The van der Waals surface area contributed by atoms with Crippen LogP contribution >= 0.6 is 0 Å². The van der Waals surface area contributed by atoms with E-state index in [1.807, 2.05) is 13.2 Å². The van der Waals surface area contributed by atoms with E-state index in [9.17, 15) is 0 Å². The van der Waals surface area contributed by atoms with Gasteiger partial charge in [-0.3, -0.25) is 5.10 Å². The van der Waals surface area contributed by atoms with Gasteiger partial charge in [-0.1, -0.05) is 20.8 Å². The minimum Gasteiger partial charge on any atom is -0.311 e. The molecule has 0 unspecified atom stereocenters. The third-order valence-electron chi connectivity index (χ3n) is 2.69. The van der Waals surface area contributed by atoms with Gasteiger partial charge >= 0.3 is 0 Å². The van der Waals surface area contributed by atoms with Crippen molar-refractivity contribution in [2.75, 3.05) is 7.05 Å². The third-order valence-corrected chi connectivity index (χ3v) is 2.69. The van der Waals surface area contributed by atoms with Crippen molar-refractivity contribution < 1.29 is 0 Å². The van der Waals surface area contributed by atoms with Crippen LogP contribution in [0.15, 0.2) is 6.20 Å². The maximum Gasteiger partial charge on any atom is 0.0540 e. The molecule has 1 aromatic heterocycles. The second-order valence-corrected chi connectivity index (χ2v) is 5.28. The zero-order chi connectivity index (χ0) is 11.0. The lowest BCUT2D eigenvalue weighted by Crippen LogP contribution is -2.35. The van der Waals surface area contributed by atoms with Gasteiger partial charge in [-0.05, 0) is 20.9 Å². The van der Waals surface area contributed by atoms with Crippen LogP contribution in [0, 0.1) is 0 Å². The molecule has 0 fully saturated rings. The summed E-state index contributed by atoms with van der Waals surface area (Å²) in [5, 5.41) is 10.5. The largest absolute Gasteiger partial charge is 0.311 e. The minimum atomic E-state index is -0.0321. The van der Waals surface area contributed by atoms with Gasteiger partial charge < -0.3 is 5.32 Å². The van der Waals surface area contributed by atoms with Crippen molar-refractivity contribution in [1.29, 1.82) is 0 Å². The number of aromatic amines is 1. The molecule has 14 heavy (non-hydrogen) atoms. The smallest absolute Gasteiger partial charge is 0.0540 e. The van der Waals surface area contributed by atoms with Gasteiger partial charge in [0.15, 0.2) is 0 Å². The van der Waals surface area contributed by atoms with E-state index >= 15 is 0 Å². The van der Waals surface area contributed by atoms with Crippen molar-refractivity contribution in [3.05, 3.63) is 17.5 Å². The Balaban J connectivity index is 3.18. The molecule has 0 saturated heterocycles. The molecule has 1 rings (SSSR count). The summed E-state index contributed by atoms with van der Waals surface area (Å²) in [5.74, 6) is 0. The lowest BCUT2D eigenvalue weighted by atomic mass is 9.83. The summed E-state index contributed by atoms with van der Waals surface area (Å²) in [7, 11) is 1.97. The molecule has 0 atom stereocenters. The predicted octanol–water partition coefficient (Wildman–Crippen LogP) is 2.16. The van der Waals surface area contributed by atoms with E-state index in [0.717, 1.165) is 0 Å². The van der Waals surface area contributed by atoms with Gasteiger partial charge in [-0.2, -0.15) is 5.10 Å². The van der Waals surface area contributed by atoms with Crippen molar-refractivity contribution in [1.82, 2.24) is 15.5 Å². The molecule has 0 aliphatic rings. The summed E-state index contributed by atoms with van der Waals surface area (Å²) >= 11 is 0. The van der Waals surface area contributed by atoms with E-state index in [1.54, 1.807) is 0 Å². The van der Waals surface area contributed by atoms with Crippen LogP contribution in [0.1, 0.15) is 45.9 Å². The fourth-order valence-corrected chi connectivity index (χ4v) is 1.47. The van der Waals surface area contributed by atoms with Crippen LogP contribution in [0.4, 0.5) is 0 Å². The Hall–Kier alpha value is -0.830. The molecule has 0 aromatic carbocycles. The molecule has 80 valence electrons. The summed E-state index contributed by atoms with van der Waals surface area (Å²) in [4.78, 5) is 0. The molecule has 3 heteroatoms. The van der Waals surface area contributed by atoms with E-state index in [0.29, 0.717) is 0 Å². The molecule has 0 bridgehead atoms. The first-order chi connectivity index (χ1) is 6.29. The number of nitrogens with zero attached hydrogens (tertiary/aromatic N) is 1. The van der Waals surface area contributed by atoms with Gasteiger partial charge in [0.2, 0.25) is 0 Å². The average Bonchev–Trinajstić information content (AvgIpc) is 2.51. The first kappa shape index (κ1) is 11.2. The molecule has 3 nitrogen and oxygen atoms in total. The summed E-state index contributed by atoms with van der Waals surface area (Å²) < 4.78 is 0. The molecule has 0 amide bonds. The Kier molecular flexibility index (Phi) is 2.72. The maximum absolute atomic E-state index is 4.14. The van der Waals surface area contributed by atoms with E-state index < -0.39 is 0 Å². The van der Waals surface area contributed by atoms with Crippen molar-refractivity contribution in [2.24, 2.45) is 0 Å². The molecule has 0 aliphatic heterocycles. The number of hydrogen-bond donors (Lipinski definition) is 2. The Morgan fingerprint density at radius 3 is 2.21 bits per heavy atom. The number of nitrogens with one attached hydrogen (secondary N) is 2. The second kappa shape index (κ2) is 3.39. The molecular weight excluding hydrogens is 174 g/mol. The van der Waals surface area contributed by atoms with Crippen molar-refractivity contribution in [3.63, 3.8) is 0 Å². The summed E-state index contributed by atoms with van der Waals surface area (Å²) in [6.45, 7) is 10.9. The molecule has 0 spiro atoms. The zero-order valence-corrected chi connectivity index (χ0v) is 10.0. The molecule has 1 aromatic rings. The molecule has 0 radical (unpaired) electrons. The van der Waals surface area contributed by atoms with Gasteiger partial charge in [0.1, 0.15) is 0 Å². The number of hydrogen-bond acceptors (Lipinski definition) is 2. The van der Waals surface area contributed by atoms with Crippen molar-refractivity contribution in [3.8, 4) is 0 Å². The topological polar surface area (TPSA) is 40.7 Å². The van der Waals surface area contributed by atoms with Crippen molar-refractivity contribution >= 4 is 0 Å². The summed E-state index contributed by atoms with van der Waals surface area (Å²) in [6, 6.07) is 0. The fraction of sp³-hybridized carbons (Fsp3) is 0.727. The molecular formula is C11H21N3. The van der Waals surface area contributed by atoms with E-state index in [2.05, 4.69) is 50.1 Å². The van der Waals surface area contributed by atoms with Crippen LogP contribution in [0.25, 0.3) is 0 Å². The quantitative estimate of drug-likeness (QED) is 0.759. The average molecular weight is 195 g/mol. The van der Waals surface area contributed by atoms with Gasteiger partial charge in [-0.25, -0.2) is 0 Å². The van der Waals surface area contributed by atoms with Crippen LogP contribution in [0.3, 0.4) is 0 Å². The van der Waals surface area contributed by atoms with Crippen LogP contribution in [0.2, 0.25) is 0 Å². The minimum absolute atomic E-state index is 0.0321. The van der Waals surface area contributed by atoms with Crippen LogP contribution < -0.4 is 5.32 Å². The van der Waals surface area contributed by atoms with Gasteiger partial charge in [0.05, 0.1) is 6.20 Å². The molecule has 0 saturated carbocycles. The monoisotopic (exact) mass is 195 g/mol. The Morgan fingerprint density at radius 2 is 1.79 bits per heavy atom. The lowest BCUT2D eigenvalue weighted by molar-refractivity contribution is 0.427. The SMILES string of the molecule is CNC(C)(C)c1cn[nH]c1C(C)(C)C. The highest BCUT2D eigenvalue weighted by Crippen LogP contribution is 2.30. The molecule has 2 N–H and O–H groups in total. The Morgan fingerprint density at radius 1 is 1.21 bits per heavy atom. The highest BCUT2D eigenvalue weighted by Gasteiger charge is 2.28. The van der Waals surface area contributed by atoms with Crippen LogP contribution in [-0.2, 0) is 11.0 Å². The molecule has 0 aliphatic carbocycles. The van der Waals surface area contributed by atoms with Crippen molar-refractivity contribution in [2.45, 2.75) is 45.6 Å². The van der Waals surface area contributed by atoms with Crippen LogP contribution in [0.5, 0.6) is 0 Å². The van der Waals surface area contributed by atoms with E-state index in [1.165, 1.54) is 11.3 Å². The number of aromatic nitrogens is 2. The second-order valence-electron chi connectivity index (χ2n) is 5.28. The lowest BCUT2D eigenvalue weighted by Gasteiger charge is -2.28. The first-order valence-electron chi connectivity index (χ1n) is 5.02. The summed E-state index contributed by atoms with van der Waals surface area (Å²) in [5.41, 5.74) is 2.53. The van der Waals surface area contributed by atoms with Gasteiger partial charge in [0, 0.05) is 22.2 Å². The maximum atomic E-state index is 4.14. The first-order valence-corrected chi connectivity index (χ1v) is 5.02. The van der Waals surface area contributed by atoms with Gasteiger partial charge in [0.25, 0.3) is 0 Å². The van der Waals surface area contributed by atoms with Gasteiger partial charge in [-0.15, -0.1) is 0 Å². The highest BCUT2D eigenvalue weighted by atomic mass is 15.1. The molecule has 1 heterocycles. The third kappa shape index (κ3) is 1.98. The number of rotatable bonds is 2. The predicted molar refractivity (Wildman–Crippen MR) is 59.4 cm³/mol. The van der Waals surface area contributed by atoms with Crippen LogP contribution in [-0.4, -0.2) is 17.2 Å². The Labute approximate surface area is 86.3 Å². The zero-order valence-electron chi connectivity index (χ0n) is 10.0. The van der Waals surface area contributed by atoms with E-state index in [-0.39, 0.29) is 11.0 Å². The fourth-order valence-electron chi connectivity index (χ4n) is 1.47. The standard InChI is InChI=1S/C11H21N3/c1-10(2,3)9-8(7-13-14-9)11(4,5)12-6/h7,12H,1-6H3,(H,13,14). The normalized spacial score (nSPS) is 13.3. The number of H-pyrrole nitrogens is 1. The Bertz CT molecular complexity index is 305. The highest BCUT2D eigenvalue weighted by molar-refractivity contribution is 5.29. The van der Waals surface area contributed by atoms with E-state index in [4.69, 9.17) is 0 Å². The summed E-state index contributed by atoms with van der Waals surface area (Å²) in [6.07, 6.45) is 1.91.